The molecule has 1 heterocycles. The van der Waals surface area contributed by atoms with Crippen LogP contribution < -0.4 is 4.74 Å². The molecule has 76 valence electrons. The Bertz CT molecular complexity index is 456. The summed E-state index contributed by atoms with van der Waals surface area (Å²) in [5.41, 5.74) is 1.36. The summed E-state index contributed by atoms with van der Waals surface area (Å²) in [5.74, 6) is 0.228. The first-order valence-corrected chi connectivity index (χ1v) is 4.55. The van der Waals surface area contributed by atoms with E-state index in [0.717, 1.165) is 5.56 Å². The van der Waals surface area contributed by atoms with E-state index < -0.39 is 0 Å². The predicted molar refractivity (Wildman–Crippen MR) is 56.2 cm³/mol. The zero-order chi connectivity index (χ0) is 10.7. The van der Waals surface area contributed by atoms with Crippen LogP contribution in [-0.4, -0.2) is 12.1 Å². The minimum Gasteiger partial charge on any atom is -0.497 e. The summed E-state index contributed by atoms with van der Waals surface area (Å²) < 4.78 is 18.6. The monoisotopic (exact) mass is 203 g/mol. The molecular weight excluding hydrogens is 193 g/mol. The molecular formula is C12H10FNO. The Labute approximate surface area is 87.4 Å². The first-order chi connectivity index (χ1) is 7.31. The van der Waals surface area contributed by atoms with Crippen LogP contribution in [0.25, 0.3) is 11.1 Å². The molecule has 1 aromatic carbocycles. The van der Waals surface area contributed by atoms with E-state index in [9.17, 15) is 4.39 Å². The van der Waals surface area contributed by atoms with Crippen LogP contribution in [0.1, 0.15) is 0 Å². The molecule has 0 bridgehead atoms. The van der Waals surface area contributed by atoms with E-state index in [1.54, 1.807) is 36.7 Å². The van der Waals surface area contributed by atoms with E-state index in [1.807, 2.05) is 0 Å². The zero-order valence-corrected chi connectivity index (χ0v) is 8.27. The average Bonchev–Trinajstić information content (AvgIpc) is 2.30. The molecule has 0 N–H and O–H groups in total. The van der Waals surface area contributed by atoms with E-state index in [1.165, 1.54) is 13.2 Å². The first-order valence-electron chi connectivity index (χ1n) is 4.55. The SMILES string of the molecule is COc1ccc(-c2ccncc2)c(F)c1. The number of benzene rings is 1. The molecule has 0 atom stereocenters. The molecule has 0 aliphatic heterocycles. The lowest BCUT2D eigenvalue weighted by Crippen LogP contribution is -1.88. The fraction of sp³-hybridized carbons (Fsp3) is 0.0833. The van der Waals surface area contributed by atoms with Gasteiger partial charge in [-0.05, 0) is 29.8 Å². The maximum atomic E-state index is 13.6. The Balaban J connectivity index is 2.46. The predicted octanol–water partition coefficient (Wildman–Crippen LogP) is 2.90. The molecule has 15 heavy (non-hydrogen) atoms. The van der Waals surface area contributed by atoms with Crippen LogP contribution >= 0.6 is 0 Å². The van der Waals surface area contributed by atoms with Gasteiger partial charge in [0.05, 0.1) is 7.11 Å². The molecule has 2 aromatic rings. The van der Waals surface area contributed by atoms with Crippen molar-refractivity contribution < 1.29 is 9.13 Å². The summed E-state index contributed by atoms with van der Waals surface area (Å²) >= 11 is 0. The number of ether oxygens (including phenoxy) is 1. The van der Waals surface area contributed by atoms with Gasteiger partial charge in [-0.25, -0.2) is 4.39 Å². The molecule has 0 saturated carbocycles. The molecule has 0 aliphatic carbocycles. The quantitative estimate of drug-likeness (QED) is 0.748. The number of aromatic nitrogens is 1. The lowest BCUT2D eigenvalue weighted by Gasteiger charge is -2.05. The lowest BCUT2D eigenvalue weighted by atomic mass is 10.1. The number of halogens is 1. The second-order valence-electron chi connectivity index (χ2n) is 3.08. The minimum atomic E-state index is -0.291. The number of hydrogen-bond donors (Lipinski definition) is 0. The number of methoxy groups -OCH3 is 1. The molecule has 3 heteroatoms. The smallest absolute Gasteiger partial charge is 0.134 e. The fourth-order valence-electron chi connectivity index (χ4n) is 1.39. The van der Waals surface area contributed by atoms with Gasteiger partial charge in [-0.15, -0.1) is 0 Å². The van der Waals surface area contributed by atoms with Gasteiger partial charge in [0.1, 0.15) is 11.6 Å². The largest absolute Gasteiger partial charge is 0.497 e. The van der Waals surface area contributed by atoms with Crippen molar-refractivity contribution >= 4 is 0 Å². The zero-order valence-electron chi connectivity index (χ0n) is 8.27. The first kappa shape index (κ1) is 9.65. The van der Waals surface area contributed by atoms with Gasteiger partial charge in [-0.3, -0.25) is 4.98 Å². The molecule has 2 nitrogen and oxygen atoms in total. The molecule has 0 fully saturated rings. The summed E-state index contributed by atoms with van der Waals surface area (Å²) in [6, 6.07) is 8.34. The third-order valence-corrected chi connectivity index (χ3v) is 2.17. The van der Waals surface area contributed by atoms with Crippen molar-refractivity contribution in [3.8, 4) is 16.9 Å². The molecule has 0 spiro atoms. The van der Waals surface area contributed by atoms with Crippen LogP contribution in [0, 0.1) is 5.82 Å². The summed E-state index contributed by atoms with van der Waals surface area (Å²) in [7, 11) is 1.51. The third-order valence-electron chi connectivity index (χ3n) is 2.17. The fourth-order valence-corrected chi connectivity index (χ4v) is 1.39. The van der Waals surface area contributed by atoms with Gasteiger partial charge in [0.2, 0.25) is 0 Å². The summed E-state index contributed by atoms with van der Waals surface area (Å²) in [5, 5.41) is 0. The van der Waals surface area contributed by atoms with Crippen LogP contribution in [0.15, 0.2) is 42.7 Å². The summed E-state index contributed by atoms with van der Waals surface area (Å²) in [4.78, 5) is 3.89. The summed E-state index contributed by atoms with van der Waals surface area (Å²) in [6.45, 7) is 0. The van der Waals surface area contributed by atoms with Crippen molar-refractivity contribution in [1.82, 2.24) is 4.98 Å². The Hall–Kier alpha value is -1.90. The van der Waals surface area contributed by atoms with Gasteiger partial charge in [0, 0.05) is 24.0 Å². The highest BCUT2D eigenvalue weighted by atomic mass is 19.1. The highest BCUT2D eigenvalue weighted by Crippen LogP contribution is 2.25. The van der Waals surface area contributed by atoms with Crippen molar-refractivity contribution in [3.05, 3.63) is 48.5 Å². The maximum absolute atomic E-state index is 13.6. The molecule has 2 rings (SSSR count). The van der Waals surface area contributed by atoms with Crippen molar-refractivity contribution in [2.45, 2.75) is 0 Å². The second kappa shape index (κ2) is 4.09. The van der Waals surface area contributed by atoms with E-state index in [0.29, 0.717) is 11.3 Å². The van der Waals surface area contributed by atoms with Gasteiger partial charge in [-0.1, -0.05) is 0 Å². The van der Waals surface area contributed by atoms with Gasteiger partial charge in [-0.2, -0.15) is 0 Å². The van der Waals surface area contributed by atoms with Crippen molar-refractivity contribution in [3.63, 3.8) is 0 Å². The second-order valence-corrected chi connectivity index (χ2v) is 3.08. The van der Waals surface area contributed by atoms with E-state index in [4.69, 9.17) is 4.74 Å². The van der Waals surface area contributed by atoms with Crippen LogP contribution in [0.5, 0.6) is 5.75 Å². The van der Waals surface area contributed by atoms with E-state index in [2.05, 4.69) is 4.98 Å². The average molecular weight is 203 g/mol. The van der Waals surface area contributed by atoms with Crippen molar-refractivity contribution in [1.29, 1.82) is 0 Å². The highest BCUT2D eigenvalue weighted by molar-refractivity contribution is 5.64. The van der Waals surface area contributed by atoms with Gasteiger partial charge in [0.25, 0.3) is 0 Å². The molecule has 0 unspecified atom stereocenters. The van der Waals surface area contributed by atoms with Gasteiger partial charge < -0.3 is 4.74 Å². The molecule has 0 amide bonds. The lowest BCUT2D eigenvalue weighted by molar-refractivity contribution is 0.411. The Morgan fingerprint density at radius 3 is 2.47 bits per heavy atom. The van der Waals surface area contributed by atoms with E-state index >= 15 is 0 Å². The van der Waals surface area contributed by atoms with Crippen molar-refractivity contribution in [2.24, 2.45) is 0 Å². The number of pyridine rings is 1. The number of hydrogen-bond acceptors (Lipinski definition) is 2. The van der Waals surface area contributed by atoms with Crippen molar-refractivity contribution in [2.75, 3.05) is 7.11 Å². The number of rotatable bonds is 2. The van der Waals surface area contributed by atoms with Gasteiger partial charge >= 0.3 is 0 Å². The molecule has 1 aromatic heterocycles. The van der Waals surface area contributed by atoms with Crippen LogP contribution in [0.2, 0.25) is 0 Å². The van der Waals surface area contributed by atoms with E-state index in [-0.39, 0.29) is 5.82 Å². The van der Waals surface area contributed by atoms with Crippen LogP contribution in [0.4, 0.5) is 4.39 Å². The molecule has 0 saturated heterocycles. The summed E-state index contributed by atoms with van der Waals surface area (Å²) in [6.07, 6.45) is 3.28. The normalized spacial score (nSPS) is 10.0. The highest BCUT2D eigenvalue weighted by Gasteiger charge is 2.05. The molecule has 0 radical (unpaired) electrons. The van der Waals surface area contributed by atoms with Crippen LogP contribution in [0.3, 0.4) is 0 Å². The Kier molecular flexibility index (Phi) is 2.63. The third kappa shape index (κ3) is 1.96. The molecule has 0 aliphatic rings. The Morgan fingerprint density at radius 2 is 1.87 bits per heavy atom. The Morgan fingerprint density at radius 1 is 1.13 bits per heavy atom. The topological polar surface area (TPSA) is 22.1 Å². The maximum Gasteiger partial charge on any atom is 0.134 e. The number of nitrogens with zero attached hydrogens (tertiary/aromatic N) is 1. The standard InChI is InChI=1S/C12H10FNO/c1-15-10-2-3-11(12(13)8-10)9-4-6-14-7-5-9/h2-8H,1H3. The van der Waals surface area contributed by atoms with Crippen LogP contribution in [-0.2, 0) is 0 Å². The minimum absolute atomic E-state index is 0.291. The van der Waals surface area contributed by atoms with Gasteiger partial charge in [0.15, 0.2) is 0 Å².